The molecule has 98 valence electrons. The van der Waals surface area contributed by atoms with Crippen LogP contribution in [-0.4, -0.2) is 24.3 Å². The summed E-state index contributed by atoms with van der Waals surface area (Å²) in [6.07, 6.45) is 4.73. The highest BCUT2D eigenvalue weighted by atomic mass is 32.1. The average Bonchev–Trinajstić information content (AvgIpc) is 2.99. The van der Waals surface area contributed by atoms with Gasteiger partial charge in [0.2, 0.25) is 0 Å². The van der Waals surface area contributed by atoms with Crippen molar-refractivity contribution in [3.8, 4) is 0 Å². The van der Waals surface area contributed by atoms with E-state index in [0.29, 0.717) is 0 Å². The molecule has 0 aliphatic rings. The number of aromatic amines is 1. The Hall–Kier alpha value is -1.95. The van der Waals surface area contributed by atoms with Crippen molar-refractivity contribution < 1.29 is 0 Å². The highest BCUT2D eigenvalue weighted by Gasteiger charge is 2.05. The molecular weight excluding hydrogens is 258 g/mol. The van der Waals surface area contributed by atoms with Crippen molar-refractivity contribution in [2.75, 3.05) is 0 Å². The third-order valence-corrected chi connectivity index (χ3v) is 3.41. The van der Waals surface area contributed by atoms with E-state index in [4.69, 9.17) is 12.2 Å². The molecule has 0 fully saturated rings. The molecule has 3 aromatic rings. The first kappa shape index (κ1) is 12.1. The lowest BCUT2D eigenvalue weighted by Gasteiger charge is -2.04. The van der Waals surface area contributed by atoms with E-state index in [9.17, 15) is 0 Å². The van der Waals surface area contributed by atoms with Crippen LogP contribution in [0.1, 0.15) is 12.1 Å². The van der Waals surface area contributed by atoms with Gasteiger partial charge in [-0.3, -0.25) is 4.68 Å². The van der Waals surface area contributed by atoms with E-state index < -0.39 is 0 Å². The molecular formula is C13H15N5S. The summed E-state index contributed by atoms with van der Waals surface area (Å²) < 4.78 is 4.71. The van der Waals surface area contributed by atoms with Gasteiger partial charge in [0.1, 0.15) is 0 Å². The molecule has 0 spiro atoms. The highest BCUT2D eigenvalue weighted by Crippen LogP contribution is 2.13. The summed E-state index contributed by atoms with van der Waals surface area (Å²) in [5, 5.41) is 4.19. The lowest BCUT2D eigenvalue weighted by Crippen LogP contribution is -2.05. The summed E-state index contributed by atoms with van der Waals surface area (Å²) in [4.78, 5) is 7.75. The van der Waals surface area contributed by atoms with Gasteiger partial charge in [0.05, 0.1) is 5.52 Å². The van der Waals surface area contributed by atoms with Crippen LogP contribution in [0.25, 0.3) is 11.2 Å². The maximum Gasteiger partial charge on any atom is 0.179 e. The summed E-state index contributed by atoms with van der Waals surface area (Å²) in [7, 11) is 0. The molecule has 0 bridgehead atoms. The fourth-order valence-electron chi connectivity index (χ4n) is 2.16. The van der Waals surface area contributed by atoms with Crippen LogP contribution in [0.15, 0.2) is 30.6 Å². The van der Waals surface area contributed by atoms with E-state index in [1.807, 2.05) is 36.0 Å². The molecule has 0 atom stereocenters. The van der Waals surface area contributed by atoms with Gasteiger partial charge < -0.3 is 9.55 Å². The summed E-state index contributed by atoms with van der Waals surface area (Å²) in [5.74, 6) is 0. The largest absolute Gasteiger partial charge is 0.329 e. The van der Waals surface area contributed by atoms with E-state index in [1.165, 1.54) is 0 Å². The monoisotopic (exact) mass is 273 g/mol. The van der Waals surface area contributed by atoms with Crippen molar-refractivity contribution in [1.29, 1.82) is 0 Å². The maximum atomic E-state index is 5.35. The van der Waals surface area contributed by atoms with Gasteiger partial charge in [0.25, 0.3) is 0 Å². The number of hydrogen-bond acceptors (Lipinski definition) is 3. The SMILES string of the molecule is Cc1ccc2[nH]c(=S)n(CCCn3cccn3)c2n1. The molecule has 6 heteroatoms. The molecule has 1 N–H and O–H groups in total. The van der Waals surface area contributed by atoms with Crippen LogP contribution in [0, 0.1) is 11.7 Å². The standard InChI is InChI=1S/C13H15N5S/c1-10-4-5-11-12(15-10)18(13(19)16-11)9-3-8-17-7-2-6-14-17/h2,4-7H,3,8-9H2,1H3,(H,16,19). The smallest absolute Gasteiger partial charge is 0.179 e. The summed E-state index contributed by atoms with van der Waals surface area (Å²) >= 11 is 5.35. The number of nitrogens with one attached hydrogen (secondary N) is 1. The third-order valence-electron chi connectivity index (χ3n) is 3.08. The predicted molar refractivity (Wildman–Crippen MR) is 76.5 cm³/mol. The molecule has 3 rings (SSSR count). The first-order valence-electron chi connectivity index (χ1n) is 6.27. The molecule has 0 aromatic carbocycles. The Balaban J connectivity index is 1.82. The van der Waals surface area contributed by atoms with Gasteiger partial charge in [-0.2, -0.15) is 5.10 Å². The van der Waals surface area contributed by atoms with E-state index in [-0.39, 0.29) is 0 Å². The Labute approximate surface area is 115 Å². The van der Waals surface area contributed by atoms with Gasteiger partial charge in [0, 0.05) is 31.2 Å². The topological polar surface area (TPSA) is 51.4 Å². The van der Waals surface area contributed by atoms with E-state index in [1.54, 1.807) is 6.20 Å². The summed E-state index contributed by atoms with van der Waals surface area (Å²) in [6.45, 7) is 3.71. The number of imidazole rings is 1. The molecule has 0 amide bonds. The second-order valence-corrected chi connectivity index (χ2v) is 4.91. The van der Waals surface area contributed by atoms with Crippen LogP contribution < -0.4 is 0 Å². The van der Waals surface area contributed by atoms with Gasteiger partial charge >= 0.3 is 0 Å². The first-order chi connectivity index (χ1) is 9.24. The molecule has 5 nitrogen and oxygen atoms in total. The molecule has 3 heterocycles. The minimum atomic E-state index is 0.730. The van der Waals surface area contributed by atoms with Crippen LogP contribution in [0.3, 0.4) is 0 Å². The Morgan fingerprint density at radius 2 is 2.21 bits per heavy atom. The summed E-state index contributed by atoms with van der Waals surface area (Å²) in [5.41, 5.74) is 2.93. The van der Waals surface area contributed by atoms with Crippen molar-refractivity contribution >= 4 is 23.4 Å². The van der Waals surface area contributed by atoms with Crippen molar-refractivity contribution in [2.45, 2.75) is 26.4 Å². The number of fused-ring (bicyclic) bond motifs is 1. The Morgan fingerprint density at radius 1 is 1.32 bits per heavy atom. The average molecular weight is 273 g/mol. The van der Waals surface area contributed by atoms with E-state index >= 15 is 0 Å². The van der Waals surface area contributed by atoms with Crippen molar-refractivity contribution in [1.82, 2.24) is 24.3 Å². The number of rotatable bonds is 4. The molecule has 0 radical (unpaired) electrons. The number of nitrogens with zero attached hydrogens (tertiary/aromatic N) is 4. The molecule has 0 saturated heterocycles. The zero-order chi connectivity index (χ0) is 13.2. The Bertz CT molecular complexity index is 738. The lowest BCUT2D eigenvalue weighted by atomic mass is 10.3. The fraction of sp³-hybridized carbons (Fsp3) is 0.308. The number of hydrogen-bond donors (Lipinski definition) is 1. The molecule has 3 aromatic heterocycles. The second-order valence-electron chi connectivity index (χ2n) is 4.53. The van der Waals surface area contributed by atoms with Crippen LogP contribution in [0.4, 0.5) is 0 Å². The predicted octanol–water partition coefficient (Wildman–Crippen LogP) is 2.69. The van der Waals surface area contributed by atoms with Gasteiger partial charge in [0.15, 0.2) is 10.4 Å². The number of pyridine rings is 1. The van der Waals surface area contributed by atoms with Crippen LogP contribution in [-0.2, 0) is 13.1 Å². The minimum absolute atomic E-state index is 0.730. The van der Waals surface area contributed by atoms with E-state index in [0.717, 1.165) is 41.1 Å². The fourth-order valence-corrected chi connectivity index (χ4v) is 2.44. The molecule has 0 aliphatic carbocycles. The van der Waals surface area contributed by atoms with Crippen molar-refractivity contribution in [3.05, 3.63) is 41.1 Å². The van der Waals surface area contributed by atoms with E-state index in [2.05, 4.69) is 19.6 Å². The number of aryl methyl sites for hydroxylation is 3. The third kappa shape index (κ3) is 2.44. The molecule has 19 heavy (non-hydrogen) atoms. The van der Waals surface area contributed by atoms with Gasteiger partial charge in [-0.05, 0) is 43.8 Å². The van der Waals surface area contributed by atoms with Gasteiger partial charge in [-0.15, -0.1) is 0 Å². The lowest BCUT2D eigenvalue weighted by molar-refractivity contribution is 0.528. The Morgan fingerprint density at radius 3 is 3.00 bits per heavy atom. The quantitative estimate of drug-likeness (QED) is 0.744. The Kier molecular flexibility index (Phi) is 3.16. The van der Waals surface area contributed by atoms with Gasteiger partial charge in [-0.1, -0.05) is 0 Å². The number of H-pyrrole nitrogens is 1. The van der Waals surface area contributed by atoms with Crippen LogP contribution in [0.5, 0.6) is 0 Å². The summed E-state index contributed by atoms with van der Waals surface area (Å²) in [6, 6.07) is 5.95. The maximum absolute atomic E-state index is 5.35. The zero-order valence-electron chi connectivity index (χ0n) is 10.7. The van der Waals surface area contributed by atoms with Crippen LogP contribution in [0.2, 0.25) is 0 Å². The minimum Gasteiger partial charge on any atom is -0.329 e. The van der Waals surface area contributed by atoms with Crippen molar-refractivity contribution in [3.63, 3.8) is 0 Å². The normalized spacial score (nSPS) is 11.2. The molecule has 0 aliphatic heterocycles. The highest BCUT2D eigenvalue weighted by molar-refractivity contribution is 7.71. The second kappa shape index (κ2) is 4.97. The molecule has 0 unspecified atom stereocenters. The zero-order valence-corrected chi connectivity index (χ0v) is 11.5. The number of aromatic nitrogens is 5. The molecule has 0 saturated carbocycles. The van der Waals surface area contributed by atoms with Crippen LogP contribution >= 0.6 is 12.2 Å². The van der Waals surface area contributed by atoms with Gasteiger partial charge in [-0.25, -0.2) is 4.98 Å². The first-order valence-corrected chi connectivity index (χ1v) is 6.68. The van der Waals surface area contributed by atoms with Crippen molar-refractivity contribution in [2.24, 2.45) is 0 Å².